The summed E-state index contributed by atoms with van der Waals surface area (Å²) < 4.78 is 3.79. The van der Waals surface area contributed by atoms with Crippen LogP contribution in [0.1, 0.15) is 31.0 Å². The SMILES string of the molecule is CC(C)c1cnn2c(NCc3cn4ccccc4n3)cc(Cl)nc12. The van der Waals surface area contributed by atoms with Crippen molar-refractivity contribution in [3.8, 4) is 0 Å². The Morgan fingerprint density at radius 1 is 1.25 bits per heavy atom. The molecule has 0 saturated heterocycles. The van der Waals surface area contributed by atoms with Gasteiger partial charge in [0.25, 0.3) is 0 Å². The molecule has 4 aromatic rings. The first-order valence-corrected chi connectivity index (χ1v) is 8.20. The lowest BCUT2D eigenvalue weighted by atomic mass is 10.1. The fourth-order valence-electron chi connectivity index (χ4n) is 2.74. The number of nitrogens with one attached hydrogen (secondary N) is 1. The molecule has 0 aliphatic heterocycles. The molecule has 4 heterocycles. The molecule has 0 spiro atoms. The fraction of sp³-hybridized carbons (Fsp3) is 0.235. The molecule has 0 fully saturated rings. The standard InChI is InChI=1S/C17H17ClN6/c1-11(2)13-9-20-24-16(7-14(18)22-17(13)24)19-8-12-10-23-6-4-3-5-15(23)21-12/h3-7,9-11,19H,8H2,1-2H3. The number of hydrogen-bond acceptors (Lipinski definition) is 4. The summed E-state index contributed by atoms with van der Waals surface area (Å²) in [6.45, 7) is 4.81. The van der Waals surface area contributed by atoms with Gasteiger partial charge in [0, 0.05) is 24.0 Å². The van der Waals surface area contributed by atoms with Crippen LogP contribution in [-0.2, 0) is 6.54 Å². The predicted octanol–water partition coefficient (Wildman–Crippen LogP) is 3.77. The van der Waals surface area contributed by atoms with Gasteiger partial charge in [0.1, 0.15) is 16.6 Å². The summed E-state index contributed by atoms with van der Waals surface area (Å²) in [6.07, 6.45) is 5.83. The first-order chi connectivity index (χ1) is 11.6. The summed E-state index contributed by atoms with van der Waals surface area (Å²) in [5.74, 6) is 1.13. The van der Waals surface area contributed by atoms with Crippen LogP contribution in [0.15, 0.2) is 42.9 Å². The van der Waals surface area contributed by atoms with Crippen LogP contribution in [0.25, 0.3) is 11.3 Å². The zero-order valence-corrected chi connectivity index (χ0v) is 14.2. The number of pyridine rings is 1. The van der Waals surface area contributed by atoms with E-state index in [9.17, 15) is 0 Å². The van der Waals surface area contributed by atoms with E-state index in [0.717, 1.165) is 28.4 Å². The number of nitrogens with zero attached hydrogens (tertiary/aromatic N) is 5. The molecular formula is C17H17ClN6. The van der Waals surface area contributed by atoms with E-state index in [4.69, 9.17) is 11.6 Å². The number of fused-ring (bicyclic) bond motifs is 2. The van der Waals surface area contributed by atoms with Crippen LogP contribution in [-0.4, -0.2) is 24.0 Å². The maximum absolute atomic E-state index is 6.19. The highest BCUT2D eigenvalue weighted by Gasteiger charge is 2.13. The number of hydrogen-bond donors (Lipinski definition) is 1. The Morgan fingerprint density at radius 3 is 2.92 bits per heavy atom. The second-order valence-electron chi connectivity index (χ2n) is 6.01. The van der Waals surface area contributed by atoms with E-state index in [-0.39, 0.29) is 0 Å². The summed E-state index contributed by atoms with van der Waals surface area (Å²) in [6, 6.07) is 7.72. The molecule has 0 aliphatic carbocycles. The predicted molar refractivity (Wildman–Crippen MR) is 94.6 cm³/mol. The smallest absolute Gasteiger partial charge is 0.162 e. The van der Waals surface area contributed by atoms with Crippen molar-refractivity contribution in [1.82, 2.24) is 24.0 Å². The summed E-state index contributed by atoms with van der Waals surface area (Å²) in [5.41, 5.74) is 3.73. The summed E-state index contributed by atoms with van der Waals surface area (Å²) in [7, 11) is 0. The lowest BCUT2D eigenvalue weighted by Gasteiger charge is -2.08. The van der Waals surface area contributed by atoms with Crippen LogP contribution in [0.4, 0.5) is 5.82 Å². The quantitative estimate of drug-likeness (QED) is 0.574. The summed E-state index contributed by atoms with van der Waals surface area (Å²) in [5, 5.41) is 8.25. The van der Waals surface area contributed by atoms with Crippen molar-refractivity contribution in [2.45, 2.75) is 26.3 Å². The van der Waals surface area contributed by atoms with Gasteiger partial charge in [-0.05, 0) is 18.1 Å². The Morgan fingerprint density at radius 2 is 2.12 bits per heavy atom. The van der Waals surface area contributed by atoms with Crippen LogP contribution >= 0.6 is 11.6 Å². The fourth-order valence-corrected chi connectivity index (χ4v) is 2.92. The lowest BCUT2D eigenvalue weighted by Crippen LogP contribution is -2.06. The van der Waals surface area contributed by atoms with Crippen LogP contribution in [0.3, 0.4) is 0 Å². The van der Waals surface area contributed by atoms with E-state index in [1.807, 2.05) is 41.2 Å². The van der Waals surface area contributed by atoms with Crippen molar-refractivity contribution in [3.63, 3.8) is 0 Å². The molecule has 7 heteroatoms. The molecule has 122 valence electrons. The molecular weight excluding hydrogens is 324 g/mol. The Hall–Kier alpha value is -2.60. The monoisotopic (exact) mass is 340 g/mol. The van der Waals surface area contributed by atoms with Crippen LogP contribution in [0.2, 0.25) is 5.15 Å². The third kappa shape index (κ3) is 2.59. The van der Waals surface area contributed by atoms with Gasteiger partial charge in [-0.3, -0.25) is 0 Å². The minimum Gasteiger partial charge on any atom is -0.364 e. The van der Waals surface area contributed by atoms with Gasteiger partial charge in [0.15, 0.2) is 5.65 Å². The van der Waals surface area contributed by atoms with E-state index in [0.29, 0.717) is 17.6 Å². The van der Waals surface area contributed by atoms with E-state index in [2.05, 4.69) is 34.2 Å². The Balaban J connectivity index is 1.66. The van der Waals surface area contributed by atoms with Crippen LogP contribution in [0, 0.1) is 0 Å². The molecule has 0 aromatic carbocycles. The van der Waals surface area contributed by atoms with Crippen molar-refractivity contribution >= 4 is 28.7 Å². The van der Waals surface area contributed by atoms with E-state index in [1.165, 1.54) is 0 Å². The van der Waals surface area contributed by atoms with Gasteiger partial charge in [-0.2, -0.15) is 9.61 Å². The average Bonchev–Trinajstić information content (AvgIpc) is 3.15. The minimum absolute atomic E-state index is 0.333. The van der Waals surface area contributed by atoms with Gasteiger partial charge in [0.05, 0.1) is 18.4 Å². The number of imidazole rings is 1. The molecule has 0 radical (unpaired) electrons. The van der Waals surface area contributed by atoms with Gasteiger partial charge in [-0.1, -0.05) is 31.5 Å². The van der Waals surface area contributed by atoms with Crippen LogP contribution in [0.5, 0.6) is 0 Å². The first-order valence-electron chi connectivity index (χ1n) is 7.82. The molecule has 4 aromatic heterocycles. The highest BCUT2D eigenvalue weighted by molar-refractivity contribution is 6.29. The zero-order chi connectivity index (χ0) is 16.7. The minimum atomic E-state index is 0.333. The molecule has 0 aliphatic rings. The topological polar surface area (TPSA) is 59.5 Å². The second kappa shape index (κ2) is 5.79. The third-order valence-electron chi connectivity index (χ3n) is 3.95. The third-order valence-corrected chi connectivity index (χ3v) is 4.15. The Kier molecular flexibility index (Phi) is 3.61. The van der Waals surface area contributed by atoms with Crippen molar-refractivity contribution < 1.29 is 0 Å². The summed E-state index contributed by atoms with van der Waals surface area (Å²) in [4.78, 5) is 9.00. The number of aromatic nitrogens is 5. The summed E-state index contributed by atoms with van der Waals surface area (Å²) >= 11 is 6.19. The normalized spacial score (nSPS) is 11.7. The van der Waals surface area contributed by atoms with Crippen molar-refractivity contribution in [2.24, 2.45) is 0 Å². The Bertz CT molecular complexity index is 983. The first kappa shape index (κ1) is 15.0. The molecule has 0 bridgehead atoms. The molecule has 0 saturated carbocycles. The maximum atomic E-state index is 6.19. The van der Waals surface area contributed by atoms with E-state index < -0.39 is 0 Å². The molecule has 0 unspecified atom stereocenters. The number of rotatable bonds is 4. The van der Waals surface area contributed by atoms with E-state index in [1.54, 1.807) is 10.6 Å². The van der Waals surface area contributed by atoms with Gasteiger partial charge in [-0.15, -0.1) is 0 Å². The van der Waals surface area contributed by atoms with E-state index >= 15 is 0 Å². The maximum Gasteiger partial charge on any atom is 0.162 e. The Labute approximate surface area is 144 Å². The molecule has 24 heavy (non-hydrogen) atoms. The average molecular weight is 341 g/mol. The highest BCUT2D eigenvalue weighted by atomic mass is 35.5. The molecule has 0 amide bonds. The van der Waals surface area contributed by atoms with Gasteiger partial charge in [-0.25, -0.2) is 9.97 Å². The number of anilines is 1. The molecule has 4 rings (SSSR count). The number of halogens is 1. The molecule has 0 atom stereocenters. The van der Waals surface area contributed by atoms with Crippen molar-refractivity contribution in [3.05, 3.63) is 59.3 Å². The van der Waals surface area contributed by atoms with Crippen molar-refractivity contribution in [1.29, 1.82) is 0 Å². The largest absolute Gasteiger partial charge is 0.364 e. The molecule has 6 nitrogen and oxygen atoms in total. The lowest BCUT2D eigenvalue weighted by molar-refractivity contribution is 0.871. The van der Waals surface area contributed by atoms with Gasteiger partial charge < -0.3 is 9.72 Å². The van der Waals surface area contributed by atoms with Crippen molar-refractivity contribution in [2.75, 3.05) is 5.32 Å². The van der Waals surface area contributed by atoms with Crippen LogP contribution < -0.4 is 5.32 Å². The second-order valence-corrected chi connectivity index (χ2v) is 6.39. The van der Waals surface area contributed by atoms with Gasteiger partial charge >= 0.3 is 0 Å². The zero-order valence-electron chi connectivity index (χ0n) is 13.4. The highest BCUT2D eigenvalue weighted by Crippen LogP contribution is 2.24. The van der Waals surface area contributed by atoms with Gasteiger partial charge in [0.2, 0.25) is 0 Å². The molecule has 1 N–H and O–H groups in total.